The molecule has 33 heavy (non-hydrogen) atoms. The van der Waals surface area contributed by atoms with Gasteiger partial charge in [-0.2, -0.15) is 0 Å². The van der Waals surface area contributed by atoms with Gasteiger partial charge in [-0.25, -0.2) is 4.79 Å². The van der Waals surface area contributed by atoms with E-state index < -0.39 is 36.7 Å². The summed E-state index contributed by atoms with van der Waals surface area (Å²) in [6, 6.07) is 0. The number of rotatable bonds is 8. The van der Waals surface area contributed by atoms with E-state index in [0.29, 0.717) is 0 Å². The molecule has 1 saturated heterocycles. The van der Waals surface area contributed by atoms with E-state index in [2.05, 4.69) is 39.8 Å². The molecule has 4 N–H and O–H groups in total. The third-order valence-corrected chi connectivity index (χ3v) is 6.25. The van der Waals surface area contributed by atoms with Gasteiger partial charge in [-0.05, 0) is 51.0 Å². The summed E-state index contributed by atoms with van der Waals surface area (Å²) in [5, 5.41) is 38.5. The van der Waals surface area contributed by atoms with Gasteiger partial charge in [0.2, 0.25) is 0 Å². The number of carbonyl (C=O) groups is 1. The Morgan fingerprint density at radius 2 is 1.82 bits per heavy atom. The number of allylic oxidation sites excluding steroid dienone is 9. The fourth-order valence-electron chi connectivity index (χ4n) is 4.16. The number of aliphatic hydroxyl groups is 3. The van der Waals surface area contributed by atoms with Crippen molar-refractivity contribution in [2.24, 2.45) is 5.41 Å². The Labute approximate surface area is 196 Å². The Morgan fingerprint density at radius 1 is 1.12 bits per heavy atom. The Hall–Kier alpha value is -2.03. The molecule has 7 nitrogen and oxygen atoms in total. The average molecular weight is 463 g/mol. The van der Waals surface area contributed by atoms with E-state index in [0.717, 1.165) is 17.6 Å². The first kappa shape index (κ1) is 27.2. The first-order valence-electron chi connectivity index (χ1n) is 11.4. The SMILES string of the molecule is CC(C=CC1=C(C)CCCC1(C)C)=CC=CC(C)=CCO[C@@H]1O[C@H](C(=O)O)[C@@H](O)[C@H](O)[C@H]1O. The van der Waals surface area contributed by atoms with Crippen molar-refractivity contribution < 1.29 is 34.7 Å². The van der Waals surface area contributed by atoms with Crippen molar-refractivity contribution >= 4 is 5.97 Å². The maximum atomic E-state index is 11.1. The van der Waals surface area contributed by atoms with Gasteiger partial charge < -0.3 is 29.9 Å². The predicted molar refractivity (Wildman–Crippen MR) is 126 cm³/mol. The second kappa shape index (κ2) is 11.9. The maximum absolute atomic E-state index is 11.1. The number of hydrogen-bond acceptors (Lipinski definition) is 6. The van der Waals surface area contributed by atoms with E-state index in [-0.39, 0.29) is 12.0 Å². The summed E-state index contributed by atoms with van der Waals surface area (Å²) in [5.74, 6) is -1.44. The lowest BCUT2D eigenvalue weighted by Crippen LogP contribution is -2.60. The third-order valence-electron chi connectivity index (χ3n) is 6.25. The van der Waals surface area contributed by atoms with Crippen molar-refractivity contribution in [3.63, 3.8) is 0 Å². The number of ether oxygens (including phenoxy) is 2. The molecule has 0 aromatic carbocycles. The van der Waals surface area contributed by atoms with Crippen LogP contribution in [0.2, 0.25) is 0 Å². The summed E-state index contributed by atoms with van der Waals surface area (Å²) in [6.07, 6.45) is 7.62. The predicted octanol–water partition coefficient (Wildman–Crippen LogP) is 3.43. The van der Waals surface area contributed by atoms with Gasteiger partial charge in [0.15, 0.2) is 12.4 Å². The summed E-state index contributed by atoms with van der Waals surface area (Å²) in [7, 11) is 0. The van der Waals surface area contributed by atoms with E-state index in [9.17, 15) is 20.1 Å². The molecule has 1 aliphatic carbocycles. The first-order chi connectivity index (χ1) is 15.4. The van der Waals surface area contributed by atoms with Crippen molar-refractivity contribution in [1.29, 1.82) is 0 Å². The largest absolute Gasteiger partial charge is 0.479 e. The molecule has 5 atom stereocenters. The normalized spacial score (nSPS) is 31.6. The first-order valence-corrected chi connectivity index (χ1v) is 11.4. The summed E-state index contributed by atoms with van der Waals surface area (Å²) in [4.78, 5) is 11.1. The van der Waals surface area contributed by atoms with Crippen LogP contribution in [0.4, 0.5) is 0 Å². The molecule has 1 heterocycles. The number of hydrogen-bond donors (Lipinski definition) is 4. The lowest BCUT2D eigenvalue weighted by molar-refractivity contribution is -0.291. The summed E-state index contributed by atoms with van der Waals surface area (Å²) in [6.45, 7) is 10.8. The van der Waals surface area contributed by atoms with Gasteiger partial charge in [0.1, 0.15) is 18.3 Å². The highest BCUT2D eigenvalue weighted by molar-refractivity contribution is 5.73. The molecule has 0 aromatic rings. The Bertz CT molecular complexity index is 847. The van der Waals surface area contributed by atoms with Crippen molar-refractivity contribution in [2.45, 2.75) is 84.6 Å². The summed E-state index contributed by atoms with van der Waals surface area (Å²) in [5.41, 5.74) is 5.13. The summed E-state index contributed by atoms with van der Waals surface area (Å²) >= 11 is 0. The minimum Gasteiger partial charge on any atom is -0.479 e. The molecule has 1 aliphatic heterocycles. The molecule has 0 amide bonds. The van der Waals surface area contributed by atoms with Crippen molar-refractivity contribution in [3.8, 4) is 0 Å². The lowest BCUT2D eigenvalue weighted by atomic mass is 9.72. The van der Waals surface area contributed by atoms with Crippen LogP contribution < -0.4 is 0 Å². The van der Waals surface area contributed by atoms with Crippen LogP contribution in [0.15, 0.2) is 58.7 Å². The summed E-state index contributed by atoms with van der Waals surface area (Å²) < 4.78 is 10.5. The van der Waals surface area contributed by atoms with E-state index in [4.69, 9.17) is 14.6 Å². The van der Waals surface area contributed by atoms with E-state index in [1.807, 2.05) is 25.2 Å². The van der Waals surface area contributed by atoms with Gasteiger partial charge in [-0.1, -0.05) is 67.0 Å². The van der Waals surface area contributed by atoms with Crippen LogP contribution in [-0.2, 0) is 14.3 Å². The smallest absolute Gasteiger partial charge is 0.335 e. The Kier molecular flexibility index (Phi) is 9.82. The second-order valence-electron chi connectivity index (χ2n) is 9.55. The fourth-order valence-corrected chi connectivity index (χ4v) is 4.16. The minimum atomic E-state index is -1.73. The molecular weight excluding hydrogens is 424 g/mol. The van der Waals surface area contributed by atoms with Gasteiger partial charge in [0, 0.05) is 0 Å². The number of carboxylic acids is 1. The second-order valence-corrected chi connectivity index (χ2v) is 9.55. The number of carboxylic acid groups (broad SMARTS) is 1. The van der Waals surface area contributed by atoms with Crippen LogP contribution in [0.25, 0.3) is 0 Å². The monoisotopic (exact) mass is 462 g/mol. The molecular formula is C26H38O7. The average Bonchev–Trinajstić information content (AvgIpc) is 2.72. The van der Waals surface area contributed by atoms with Crippen LogP contribution in [0.5, 0.6) is 0 Å². The maximum Gasteiger partial charge on any atom is 0.335 e. The molecule has 184 valence electrons. The van der Waals surface area contributed by atoms with Crippen LogP contribution in [0.1, 0.15) is 53.9 Å². The fraction of sp³-hybridized carbons (Fsp3) is 0.577. The van der Waals surface area contributed by atoms with Gasteiger partial charge >= 0.3 is 5.97 Å². The highest BCUT2D eigenvalue weighted by Gasteiger charge is 2.47. The Morgan fingerprint density at radius 3 is 2.45 bits per heavy atom. The molecule has 1 fully saturated rings. The minimum absolute atomic E-state index is 0.0398. The zero-order chi connectivity index (χ0) is 24.8. The van der Waals surface area contributed by atoms with Gasteiger partial charge in [0.25, 0.3) is 0 Å². The zero-order valence-electron chi connectivity index (χ0n) is 20.2. The van der Waals surface area contributed by atoms with Crippen LogP contribution in [0, 0.1) is 5.41 Å². The number of aliphatic carboxylic acids is 1. The molecule has 2 aliphatic rings. The van der Waals surface area contributed by atoms with Gasteiger partial charge in [0.05, 0.1) is 6.61 Å². The molecule has 2 rings (SSSR count). The highest BCUT2D eigenvalue weighted by atomic mass is 16.7. The molecule has 0 spiro atoms. The van der Waals surface area contributed by atoms with E-state index in [1.165, 1.54) is 24.0 Å². The molecule has 0 aromatic heterocycles. The number of aliphatic hydroxyl groups excluding tert-OH is 3. The molecule has 0 saturated carbocycles. The molecule has 0 unspecified atom stereocenters. The molecule has 0 radical (unpaired) electrons. The van der Waals surface area contributed by atoms with Crippen LogP contribution in [-0.4, -0.2) is 63.7 Å². The highest BCUT2D eigenvalue weighted by Crippen LogP contribution is 2.40. The molecule has 7 heteroatoms. The Balaban J connectivity index is 1.90. The van der Waals surface area contributed by atoms with Gasteiger partial charge in [-0.3, -0.25) is 0 Å². The van der Waals surface area contributed by atoms with E-state index in [1.54, 1.807) is 6.08 Å². The van der Waals surface area contributed by atoms with Crippen molar-refractivity contribution in [3.05, 3.63) is 58.7 Å². The van der Waals surface area contributed by atoms with Gasteiger partial charge in [-0.15, -0.1) is 0 Å². The van der Waals surface area contributed by atoms with Crippen molar-refractivity contribution in [2.75, 3.05) is 6.61 Å². The lowest BCUT2D eigenvalue weighted by Gasteiger charge is -2.38. The quantitative estimate of drug-likeness (QED) is 0.408. The molecule has 0 bridgehead atoms. The van der Waals surface area contributed by atoms with Crippen LogP contribution in [0.3, 0.4) is 0 Å². The van der Waals surface area contributed by atoms with Crippen molar-refractivity contribution in [1.82, 2.24) is 0 Å². The standard InChI is InChI=1S/C26H38O7/c1-16(11-12-19-18(3)10-7-14-26(19,4)5)8-6-9-17(2)13-15-32-25-22(29)20(27)21(28)23(33-25)24(30)31/h6,8-9,11-13,20-23,25,27-29H,7,10,14-15H2,1-5H3,(H,30,31)/t20-,21-,22+,23-,25+/m0/s1. The third kappa shape index (κ3) is 7.48. The topological polar surface area (TPSA) is 116 Å². The zero-order valence-corrected chi connectivity index (χ0v) is 20.2. The van der Waals surface area contributed by atoms with E-state index >= 15 is 0 Å². The van der Waals surface area contributed by atoms with Crippen LogP contribution >= 0.6 is 0 Å².